The number of hydrogen-bond donors (Lipinski definition) is 1. The van der Waals surface area contributed by atoms with Gasteiger partial charge >= 0.3 is 0 Å². The van der Waals surface area contributed by atoms with E-state index in [1.807, 2.05) is 30.3 Å². The zero-order valence-corrected chi connectivity index (χ0v) is 15.5. The van der Waals surface area contributed by atoms with Gasteiger partial charge in [0.25, 0.3) is 5.69 Å². The number of nitro benzene ring substituents is 1. The Morgan fingerprint density at radius 2 is 1.68 bits per heavy atom. The van der Waals surface area contributed by atoms with Gasteiger partial charge in [-0.1, -0.05) is 29.8 Å². The van der Waals surface area contributed by atoms with Gasteiger partial charge in [-0.15, -0.1) is 0 Å². The number of aromatic nitrogens is 2. The first kappa shape index (κ1) is 17.6. The Balaban J connectivity index is 1.82. The van der Waals surface area contributed by atoms with E-state index in [4.69, 9.17) is 4.98 Å². The summed E-state index contributed by atoms with van der Waals surface area (Å²) in [6, 6.07) is 20.2. The molecule has 0 unspecified atom stereocenters. The molecule has 0 saturated carbocycles. The number of para-hydroxylation sites is 1. The standard InChI is InChI=1S/C22H18N4O2/c1-14-7-12-19(15(2)13-14)23-22-18-5-3-4-6-20(18)24-21(25-22)16-8-10-17(11-9-16)26(27)28/h3-13H,1-2H3,(H,23,24,25). The highest BCUT2D eigenvalue weighted by Gasteiger charge is 2.12. The molecule has 1 heterocycles. The lowest BCUT2D eigenvalue weighted by Gasteiger charge is -2.13. The zero-order valence-electron chi connectivity index (χ0n) is 15.5. The average Bonchev–Trinajstić information content (AvgIpc) is 2.70. The largest absolute Gasteiger partial charge is 0.339 e. The number of nitro groups is 1. The minimum Gasteiger partial charge on any atom is -0.339 e. The summed E-state index contributed by atoms with van der Waals surface area (Å²) in [6.45, 7) is 4.11. The molecule has 0 atom stereocenters. The number of fused-ring (bicyclic) bond motifs is 1. The van der Waals surface area contributed by atoms with E-state index < -0.39 is 4.92 Å². The van der Waals surface area contributed by atoms with E-state index in [9.17, 15) is 10.1 Å². The molecule has 0 fully saturated rings. The van der Waals surface area contributed by atoms with E-state index in [-0.39, 0.29) is 5.69 Å². The van der Waals surface area contributed by atoms with E-state index in [1.165, 1.54) is 17.7 Å². The van der Waals surface area contributed by atoms with Crippen molar-refractivity contribution in [3.8, 4) is 11.4 Å². The number of aryl methyl sites for hydroxylation is 2. The number of hydrogen-bond acceptors (Lipinski definition) is 5. The maximum atomic E-state index is 10.9. The van der Waals surface area contributed by atoms with Crippen LogP contribution in [-0.4, -0.2) is 14.9 Å². The Kier molecular flexibility index (Phi) is 4.45. The summed E-state index contributed by atoms with van der Waals surface area (Å²) in [7, 11) is 0. The number of rotatable bonds is 4. The highest BCUT2D eigenvalue weighted by Crippen LogP contribution is 2.29. The molecule has 4 rings (SSSR count). The summed E-state index contributed by atoms with van der Waals surface area (Å²) < 4.78 is 0. The van der Waals surface area contributed by atoms with Gasteiger partial charge in [-0.05, 0) is 49.7 Å². The fraction of sp³-hybridized carbons (Fsp3) is 0.0909. The van der Waals surface area contributed by atoms with E-state index in [0.717, 1.165) is 27.7 Å². The molecule has 0 radical (unpaired) electrons. The molecule has 1 aromatic heterocycles. The van der Waals surface area contributed by atoms with Gasteiger partial charge in [-0.25, -0.2) is 9.97 Å². The summed E-state index contributed by atoms with van der Waals surface area (Å²) in [5.74, 6) is 1.21. The van der Waals surface area contributed by atoms with Gasteiger partial charge in [0, 0.05) is 28.8 Å². The summed E-state index contributed by atoms with van der Waals surface area (Å²) in [5, 5.41) is 15.2. The number of anilines is 2. The molecule has 138 valence electrons. The molecule has 0 saturated heterocycles. The van der Waals surface area contributed by atoms with Crippen molar-refractivity contribution in [1.29, 1.82) is 0 Å². The van der Waals surface area contributed by atoms with Crippen LogP contribution < -0.4 is 5.32 Å². The Labute approximate surface area is 162 Å². The second-order valence-electron chi connectivity index (χ2n) is 6.66. The predicted octanol–water partition coefficient (Wildman–Crippen LogP) is 5.57. The summed E-state index contributed by atoms with van der Waals surface area (Å²) >= 11 is 0. The Bertz CT molecular complexity index is 1190. The molecule has 0 aliphatic carbocycles. The first-order valence-electron chi connectivity index (χ1n) is 8.87. The van der Waals surface area contributed by atoms with Crippen molar-refractivity contribution < 1.29 is 4.92 Å². The second-order valence-corrected chi connectivity index (χ2v) is 6.66. The van der Waals surface area contributed by atoms with E-state index in [1.54, 1.807) is 12.1 Å². The molecule has 28 heavy (non-hydrogen) atoms. The smallest absolute Gasteiger partial charge is 0.269 e. The van der Waals surface area contributed by atoms with E-state index in [0.29, 0.717) is 11.6 Å². The van der Waals surface area contributed by atoms with E-state index in [2.05, 4.69) is 36.3 Å². The summed E-state index contributed by atoms with van der Waals surface area (Å²) in [6.07, 6.45) is 0. The first-order chi connectivity index (χ1) is 13.5. The molecule has 0 bridgehead atoms. The zero-order chi connectivity index (χ0) is 19.7. The van der Waals surface area contributed by atoms with Crippen molar-refractivity contribution in [2.45, 2.75) is 13.8 Å². The lowest BCUT2D eigenvalue weighted by molar-refractivity contribution is -0.384. The predicted molar refractivity (Wildman–Crippen MR) is 111 cm³/mol. The van der Waals surface area contributed by atoms with Crippen LogP contribution in [0.25, 0.3) is 22.3 Å². The fourth-order valence-electron chi connectivity index (χ4n) is 3.11. The Morgan fingerprint density at radius 3 is 2.39 bits per heavy atom. The van der Waals surface area contributed by atoms with Crippen molar-refractivity contribution in [3.05, 3.63) is 88.0 Å². The van der Waals surface area contributed by atoms with Crippen LogP contribution in [0, 0.1) is 24.0 Å². The van der Waals surface area contributed by atoms with Crippen LogP contribution in [0.4, 0.5) is 17.2 Å². The molecule has 0 amide bonds. The van der Waals surface area contributed by atoms with Crippen molar-refractivity contribution in [1.82, 2.24) is 9.97 Å². The number of nitrogens with one attached hydrogen (secondary N) is 1. The minimum atomic E-state index is -0.418. The van der Waals surface area contributed by atoms with Gasteiger partial charge < -0.3 is 5.32 Å². The first-order valence-corrected chi connectivity index (χ1v) is 8.87. The molecule has 3 aromatic carbocycles. The fourth-order valence-corrected chi connectivity index (χ4v) is 3.11. The van der Waals surface area contributed by atoms with Crippen LogP contribution in [-0.2, 0) is 0 Å². The van der Waals surface area contributed by atoms with Crippen molar-refractivity contribution >= 4 is 28.1 Å². The van der Waals surface area contributed by atoms with E-state index >= 15 is 0 Å². The van der Waals surface area contributed by atoms with Crippen LogP contribution in [0.15, 0.2) is 66.7 Å². The third kappa shape index (κ3) is 3.40. The van der Waals surface area contributed by atoms with Gasteiger partial charge in [0.1, 0.15) is 5.82 Å². The van der Waals surface area contributed by atoms with Gasteiger partial charge in [-0.3, -0.25) is 10.1 Å². The van der Waals surface area contributed by atoms with Crippen molar-refractivity contribution in [3.63, 3.8) is 0 Å². The normalized spacial score (nSPS) is 10.8. The molecule has 0 aliphatic rings. The quantitative estimate of drug-likeness (QED) is 0.375. The molecule has 1 N–H and O–H groups in total. The van der Waals surface area contributed by atoms with Crippen molar-refractivity contribution in [2.75, 3.05) is 5.32 Å². The minimum absolute atomic E-state index is 0.0400. The van der Waals surface area contributed by atoms with Crippen LogP contribution in [0.5, 0.6) is 0 Å². The molecule has 0 aliphatic heterocycles. The van der Waals surface area contributed by atoms with Gasteiger partial charge in [0.05, 0.1) is 10.4 Å². The number of non-ortho nitro benzene ring substituents is 1. The maximum Gasteiger partial charge on any atom is 0.269 e. The SMILES string of the molecule is Cc1ccc(Nc2nc(-c3ccc([N+](=O)[O-])cc3)nc3ccccc23)c(C)c1. The average molecular weight is 370 g/mol. The topological polar surface area (TPSA) is 81.0 Å². The van der Waals surface area contributed by atoms with Crippen LogP contribution >= 0.6 is 0 Å². The molecule has 4 aromatic rings. The molecule has 0 spiro atoms. The summed E-state index contributed by atoms with van der Waals surface area (Å²) in [4.78, 5) is 19.8. The second kappa shape index (κ2) is 7.08. The maximum absolute atomic E-state index is 10.9. The third-order valence-corrected chi connectivity index (χ3v) is 4.57. The number of nitrogens with zero attached hydrogens (tertiary/aromatic N) is 3. The highest BCUT2D eigenvalue weighted by atomic mass is 16.6. The Morgan fingerprint density at radius 1 is 0.929 bits per heavy atom. The lowest BCUT2D eigenvalue weighted by atomic mass is 10.1. The molecule has 6 nitrogen and oxygen atoms in total. The van der Waals surface area contributed by atoms with Gasteiger partial charge in [-0.2, -0.15) is 0 Å². The number of benzene rings is 3. The summed E-state index contributed by atoms with van der Waals surface area (Å²) in [5.41, 5.74) is 4.86. The van der Waals surface area contributed by atoms with Crippen LogP contribution in [0.3, 0.4) is 0 Å². The van der Waals surface area contributed by atoms with Gasteiger partial charge in [0.2, 0.25) is 0 Å². The van der Waals surface area contributed by atoms with Crippen LogP contribution in [0.1, 0.15) is 11.1 Å². The Hall–Kier alpha value is -3.80. The molecule has 6 heteroatoms. The monoisotopic (exact) mass is 370 g/mol. The highest BCUT2D eigenvalue weighted by molar-refractivity contribution is 5.92. The van der Waals surface area contributed by atoms with Crippen molar-refractivity contribution in [2.24, 2.45) is 0 Å². The molecular formula is C22H18N4O2. The van der Waals surface area contributed by atoms with Crippen LogP contribution in [0.2, 0.25) is 0 Å². The lowest BCUT2D eigenvalue weighted by Crippen LogP contribution is -2.01. The molecular weight excluding hydrogens is 352 g/mol. The third-order valence-electron chi connectivity index (χ3n) is 4.57. The van der Waals surface area contributed by atoms with Gasteiger partial charge in [0.15, 0.2) is 5.82 Å².